The Labute approximate surface area is 112 Å². The Morgan fingerprint density at radius 3 is 2.65 bits per heavy atom. The lowest BCUT2D eigenvalue weighted by molar-refractivity contribution is -0.119. The van der Waals surface area contributed by atoms with Crippen molar-refractivity contribution in [3.63, 3.8) is 0 Å². The summed E-state index contributed by atoms with van der Waals surface area (Å²) in [4.78, 5) is 11.1. The number of carbonyl (C=O) groups excluding carboxylic acids is 1. The van der Waals surface area contributed by atoms with Crippen LogP contribution in [0, 0.1) is 0 Å². The van der Waals surface area contributed by atoms with Crippen molar-refractivity contribution < 1.29 is 4.79 Å². The third kappa shape index (κ3) is 8.93. The van der Waals surface area contributed by atoms with Crippen LogP contribution in [0.3, 0.4) is 0 Å². The van der Waals surface area contributed by atoms with Crippen LogP contribution in [-0.4, -0.2) is 34.3 Å². The van der Waals surface area contributed by atoms with E-state index in [4.69, 9.17) is 5.73 Å². The summed E-state index contributed by atoms with van der Waals surface area (Å²) in [6, 6.07) is -0.0756. The molecule has 0 aromatic heterocycles. The maximum absolute atomic E-state index is 11.1. The molecule has 0 aromatic rings. The molecule has 0 rings (SSSR count). The average Bonchev–Trinajstić information content (AvgIpc) is 2.24. The summed E-state index contributed by atoms with van der Waals surface area (Å²) in [6.45, 7) is 5.43. The van der Waals surface area contributed by atoms with Crippen molar-refractivity contribution in [1.29, 1.82) is 0 Å². The highest BCUT2D eigenvalue weighted by molar-refractivity contribution is 7.99. The van der Waals surface area contributed by atoms with E-state index in [9.17, 15) is 4.79 Å². The summed E-state index contributed by atoms with van der Waals surface area (Å²) >= 11 is 6.49. The van der Waals surface area contributed by atoms with Crippen LogP contribution in [0.15, 0.2) is 5.10 Å². The minimum atomic E-state index is -0.0756. The molecule has 5 nitrogen and oxygen atoms in total. The predicted molar refractivity (Wildman–Crippen MR) is 78.3 cm³/mol. The number of nitrogens with one attached hydrogen (secondary N) is 2. The van der Waals surface area contributed by atoms with E-state index in [0.717, 1.165) is 23.6 Å². The van der Waals surface area contributed by atoms with E-state index in [-0.39, 0.29) is 17.1 Å². The van der Waals surface area contributed by atoms with Gasteiger partial charge < -0.3 is 11.1 Å². The molecule has 0 aliphatic rings. The number of thiocarbonyl (C=S) groups is 1. The molecule has 17 heavy (non-hydrogen) atoms. The van der Waals surface area contributed by atoms with E-state index >= 15 is 0 Å². The Hall–Kier alpha value is -0.820. The fourth-order valence-electron chi connectivity index (χ4n) is 1.20. The van der Waals surface area contributed by atoms with Gasteiger partial charge in [-0.3, -0.25) is 10.2 Å². The number of nitrogens with two attached hydrogens (primary N) is 1. The molecular formula is C10H20N4OS2. The number of nitrogens with zero attached hydrogens (tertiary/aromatic N) is 1. The van der Waals surface area contributed by atoms with Gasteiger partial charge in [-0.15, -0.1) is 0 Å². The molecule has 0 unspecified atom stereocenters. The quantitative estimate of drug-likeness (QED) is 0.278. The van der Waals surface area contributed by atoms with Crippen LogP contribution in [0.5, 0.6) is 0 Å². The molecule has 0 saturated heterocycles. The highest BCUT2D eigenvalue weighted by Gasteiger charge is 2.13. The van der Waals surface area contributed by atoms with Crippen LogP contribution in [0.1, 0.15) is 27.2 Å². The van der Waals surface area contributed by atoms with Crippen LogP contribution in [0.25, 0.3) is 0 Å². The van der Waals surface area contributed by atoms with Crippen LogP contribution < -0.4 is 16.5 Å². The van der Waals surface area contributed by atoms with Gasteiger partial charge in [0, 0.05) is 6.92 Å². The third-order valence-corrected chi connectivity index (χ3v) is 3.00. The molecule has 7 heteroatoms. The van der Waals surface area contributed by atoms with Crippen molar-refractivity contribution in [3.05, 3.63) is 0 Å². The zero-order valence-electron chi connectivity index (χ0n) is 10.4. The zero-order valence-corrected chi connectivity index (χ0v) is 12.1. The van der Waals surface area contributed by atoms with Gasteiger partial charge in [0.1, 0.15) is 0 Å². The minimum Gasteiger partial charge on any atom is -0.375 e. The number of hydrogen-bond donors (Lipinski definition) is 3. The fourth-order valence-corrected chi connectivity index (χ4v) is 1.93. The first-order valence-electron chi connectivity index (χ1n) is 5.41. The number of rotatable bonds is 7. The molecule has 0 aliphatic heterocycles. The number of carbonyl (C=O) groups is 1. The second-order valence-electron chi connectivity index (χ2n) is 3.47. The molecule has 4 N–H and O–H groups in total. The van der Waals surface area contributed by atoms with Gasteiger partial charge in [-0.1, -0.05) is 6.92 Å². The molecule has 0 heterocycles. The number of hydrazone groups is 1. The summed E-state index contributed by atoms with van der Waals surface area (Å²) in [5, 5.41) is 7.01. The maximum atomic E-state index is 11.1. The van der Waals surface area contributed by atoms with Gasteiger partial charge in [0.2, 0.25) is 5.91 Å². The molecule has 1 atom stereocenters. The van der Waals surface area contributed by atoms with Gasteiger partial charge in [-0.2, -0.15) is 16.9 Å². The zero-order chi connectivity index (χ0) is 13.3. The highest BCUT2D eigenvalue weighted by Crippen LogP contribution is 2.05. The highest BCUT2D eigenvalue weighted by atomic mass is 32.2. The van der Waals surface area contributed by atoms with E-state index in [2.05, 4.69) is 35.0 Å². The Bertz CT molecular complexity index is 294. The van der Waals surface area contributed by atoms with Gasteiger partial charge in [-0.25, -0.2) is 0 Å². The van der Waals surface area contributed by atoms with E-state index in [0.29, 0.717) is 0 Å². The van der Waals surface area contributed by atoms with Crippen molar-refractivity contribution >= 4 is 40.7 Å². The molecule has 0 aliphatic carbocycles. The Kier molecular flexibility index (Phi) is 8.79. The van der Waals surface area contributed by atoms with Crippen LogP contribution in [-0.2, 0) is 4.79 Å². The second-order valence-corrected chi connectivity index (χ2v) is 5.30. The Balaban J connectivity index is 4.37. The maximum Gasteiger partial charge on any atom is 0.217 e. The van der Waals surface area contributed by atoms with Gasteiger partial charge in [0.15, 0.2) is 5.11 Å². The van der Waals surface area contributed by atoms with Gasteiger partial charge in [0.05, 0.1) is 11.8 Å². The number of amides is 1. The van der Waals surface area contributed by atoms with Crippen molar-refractivity contribution in [2.45, 2.75) is 33.2 Å². The lowest BCUT2D eigenvalue weighted by Crippen LogP contribution is -2.40. The average molecular weight is 276 g/mol. The molecule has 0 spiro atoms. The summed E-state index contributed by atoms with van der Waals surface area (Å²) < 4.78 is 0. The van der Waals surface area contributed by atoms with Crippen LogP contribution in [0.4, 0.5) is 0 Å². The standard InChI is InChI=1S/C10H20N4OS2/c1-4-17-6-5-9(12-8(3)15)7(2)13-14-10(11)16/h9H,4-6H2,1-3H3,(H,12,15)(H3,11,14,16)/b13-7-/t9-/m0/s1. The summed E-state index contributed by atoms with van der Waals surface area (Å²) in [5.41, 5.74) is 8.58. The smallest absolute Gasteiger partial charge is 0.217 e. The first-order valence-corrected chi connectivity index (χ1v) is 6.98. The molecule has 1 amide bonds. The van der Waals surface area contributed by atoms with Gasteiger partial charge in [0.25, 0.3) is 0 Å². The SMILES string of the molecule is CCSCC[C@H](NC(C)=O)/C(C)=N\NC(N)=S. The molecule has 98 valence electrons. The normalized spacial score (nSPS) is 13.0. The lowest BCUT2D eigenvalue weighted by atomic mass is 10.1. The monoisotopic (exact) mass is 276 g/mol. The summed E-state index contributed by atoms with van der Waals surface area (Å²) in [6.07, 6.45) is 0.840. The Morgan fingerprint density at radius 2 is 2.18 bits per heavy atom. The number of thioether (sulfide) groups is 1. The second kappa shape index (κ2) is 9.23. The van der Waals surface area contributed by atoms with E-state index in [1.54, 1.807) is 0 Å². The summed E-state index contributed by atoms with van der Waals surface area (Å²) in [5.74, 6) is 1.97. The van der Waals surface area contributed by atoms with Crippen molar-refractivity contribution in [2.24, 2.45) is 10.8 Å². The first-order chi connectivity index (χ1) is 7.97. The van der Waals surface area contributed by atoms with Crippen LogP contribution in [0.2, 0.25) is 0 Å². The number of hydrogen-bond acceptors (Lipinski definition) is 4. The van der Waals surface area contributed by atoms with Crippen LogP contribution >= 0.6 is 24.0 Å². The van der Waals surface area contributed by atoms with Gasteiger partial charge >= 0.3 is 0 Å². The topological polar surface area (TPSA) is 79.5 Å². The molecular weight excluding hydrogens is 256 g/mol. The largest absolute Gasteiger partial charge is 0.375 e. The van der Waals surface area contributed by atoms with Crippen molar-refractivity contribution in [2.75, 3.05) is 11.5 Å². The minimum absolute atomic E-state index is 0.0682. The molecule has 0 radical (unpaired) electrons. The molecule has 0 bridgehead atoms. The van der Waals surface area contributed by atoms with E-state index in [1.807, 2.05) is 18.7 Å². The van der Waals surface area contributed by atoms with Crippen molar-refractivity contribution in [3.8, 4) is 0 Å². The lowest BCUT2D eigenvalue weighted by Gasteiger charge is -2.17. The fraction of sp³-hybridized carbons (Fsp3) is 0.700. The molecule has 0 fully saturated rings. The van der Waals surface area contributed by atoms with Gasteiger partial charge in [-0.05, 0) is 37.1 Å². The first kappa shape index (κ1) is 16.2. The molecule has 0 aromatic carbocycles. The molecule has 0 saturated carbocycles. The van der Waals surface area contributed by atoms with E-state index in [1.165, 1.54) is 6.92 Å². The van der Waals surface area contributed by atoms with E-state index < -0.39 is 0 Å². The van der Waals surface area contributed by atoms with Crippen molar-refractivity contribution in [1.82, 2.24) is 10.7 Å². The summed E-state index contributed by atoms with van der Waals surface area (Å²) in [7, 11) is 0. The predicted octanol–water partition coefficient (Wildman–Crippen LogP) is 0.843. The Morgan fingerprint density at radius 1 is 1.53 bits per heavy atom. The third-order valence-electron chi connectivity index (χ3n) is 1.98.